The molecule has 0 aliphatic carbocycles. The second kappa shape index (κ2) is 5.94. The molecule has 2 atom stereocenters. The Labute approximate surface area is 124 Å². The first kappa shape index (κ1) is 13.6. The Balaban J connectivity index is 1.73. The average molecular weight is 323 g/mol. The van der Waals surface area contributed by atoms with Crippen LogP contribution >= 0.6 is 15.9 Å². The minimum Gasteiger partial charge on any atom is -0.298 e. The van der Waals surface area contributed by atoms with E-state index in [1.807, 2.05) is 0 Å². The summed E-state index contributed by atoms with van der Waals surface area (Å²) in [6.07, 6.45) is 4.04. The predicted molar refractivity (Wildman–Crippen MR) is 83.2 cm³/mol. The molecular formula is C16H23BrN2. The van der Waals surface area contributed by atoms with E-state index in [1.54, 1.807) is 0 Å². The number of rotatable bonds is 3. The highest BCUT2D eigenvalue weighted by Crippen LogP contribution is 2.28. The second-order valence-corrected chi connectivity index (χ2v) is 6.73. The van der Waals surface area contributed by atoms with E-state index in [0.717, 1.165) is 18.6 Å². The van der Waals surface area contributed by atoms with Gasteiger partial charge in [0, 0.05) is 36.2 Å². The van der Waals surface area contributed by atoms with Crippen molar-refractivity contribution in [2.75, 3.05) is 19.6 Å². The smallest absolute Gasteiger partial charge is 0.0249 e. The largest absolute Gasteiger partial charge is 0.298 e. The summed E-state index contributed by atoms with van der Waals surface area (Å²) >= 11 is 3.68. The standard InChI is InChI=1S/C16H23BrN2/c1-2-14-11-18-9-5-7-15(18)12-19(14)10-13-6-3-4-8-16(13)17/h3-4,6,8,14-15H,2,5,7,9-12H2,1H3. The summed E-state index contributed by atoms with van der Waals surface area (Å²) in [6.45, 7) is 7.26. The summed E-state index contributed by atoms with van der Waals surface area (Å²) in [5, 5.41) is 0. The van der Waals surface area contributed by atoms with E-state index in [1.165, 1.54) is 48.9 Å². The molecule has 2 fully saturated rings. The van der Waals surface area contributed by atoms with Gasteiger partial charge >= 0.3 is 0 Å². The van der Waals surface area contributed by atoms with Gasteiger partial charge in [0.15, 0.2) is 0 Å². The van der Waals surface area contributed by atoms with E-state index in [4.69, 9.17) is 0 Å². The van der Waals surface area contributed by atoms with Crippen molar-refractivity contribution in [3.05, 3.63) is 34.3 Å². The fourth-order valence-electron chi connectivity index (χ4n) is 3.57. The van der Waals surface area contributed by atoms with Gasteiger partial charge in [0.25, 0.3) is 0 Å². The monoisotopic (exact) mass is 322 g/mol. The van der Waals surface area contributed by atoms with Crippen LogP contribution < -0.4 is 0 Å². The molecule has 2 heterocycles. The minimum absolute atomic E-state index is 0.724. The van der Waals surface area contributed by atoms with Crippen molar-refractivity contribution in [2.45, 2.75) is 44.8 Å². The first-order chi connectivity index (χ1) is 9.28. The molecule has 2 unspecified atom stereocenters. The Bertz CT molecular complexity index is 435. The van der Waals surface area contributed by atoms with Crippen molar-refractivity contribution in [1.82, 2.24) is 9.80 Å². The van der Waals surface area contributed by atoms with Crippen molar-refractivity contribution in [3.8, 4) is 0 Å². The van der Waals surface area contributed by atoms with E-state index < -0.39 is 0 Å². The quantitative estimate of drug-likeness (QED) is 0.840. The van der Waals surface area contributed by atoms with Gasteiger partial charge in [0.1, 0.15) is 0 Å². The topological polar surface area (TPSA) is 6.48 Å². The molecule has 0 saturated carbocycles. The molecule has 0 radical (unpaired) electrons. The molecule has 0 spiro atoms. The molecule has 1 aromatic carbocycles. The Morgan fingerprint density at radius 1 is 1.26 bits per heavy atom. The summed E-state index contributed by atoms with van der Waals surface area (Å²) in [6, 6.07) is 10.2. The molecular weight excluding hydrogens is 300 g/mol. The van der Waals surface area contributed by atoms with Crippen LogP contribution in [0, 0.1) is 0 Å². The third-order valence-corrected chi connectivity index (χ3v) is 5.48. The van der Waals surface area contributed by atoms with Gasteiger partial charge in [-0.25, -0.2) is 0 Å². The minimum atomic E-state index is 0.724. The lowest BCUT2D eigenvalue weighted by molar-refractivity contribution is 0.0436. The molecule has 1 aromatic rings. The van der Waals surface area contributed by atoms with Gasteiger partial charge in [-0.05, 0) is 37.4 Å². The summed E-state index contributed by atoms with van der Waals surface area (Å²) in [4.78, 5) is 5.41. The Morgan fingerprint density at radius 2 is 2.11 bits per heavy atom. The van der Waals surface area contributed by atoms with E-state index in [-0.39, 0.29) is 0 Å². The predicted octanol–water partition coefficient (Wildman–Crippen LogP) is 3.51. The van der Waals surface area contributed by atoms with E-state index >= 15 is 0 Å². The van der Waals surface area contributed by atoms with Crippen LogP contribution in [0.4, 0.5) is 0 Å². The van der Waals surface area contributed by atoms with Gasteiger partial charge in [-0.2, -0.15) is 0 Å². The Kier molecular flexibility index (Phi) is 4.25. The molecule has 2 nitrogen and oxygen atoms in total. The zero-order valence-corrected chi connectivity index (χ0v) is 13.3. The third-order valence-electron chi connectivity index (χ3n) is 4.71. The number of fused-ring (bicyclic) bond motifs is 1. The average Bonchev–Trinajstić information content (AvgIpc) is 2.87. The molecule has 0 N–H and O–H groups in total. The highest BCUT2D eigenvalue weighted by atomic mass is 79.9. The van der Waals surface area contributed by atoms with Gasteiger partial charge in [-0.3, -0.25) is 9.80 Å². The van der Waals surface area contributed by atoms with Crippen LogP contribution in [0.15, 0.2) is 28.7 Å². The van der Waals surface area contributed by atoms with Crippen LogP contribution in [0.25, 0.3) is 0 Å². The molecule has 3 heteroatoms. The summed E-state index contributed by atoms with van der Waals surface area (Å²) in [5.41, 5.74) is 1.42. The zero-order valence-electron chi connectivity index (χ0n) is 11.7. The van der Waals surface area contributed by atoms with Crippen molar-refractivity contribution in [2.24, 2.45) is 0 Å². The van der Waals surface area contributed by atoms with Crippen LogP contribution in [0.3, 0.4) is 0 Å². The summed E-state index contributed by atoms with van der Waals surface area (Å²) in [7, 11) is 0. The molecule has 2 aliphatic rings. The van der Waals surface area contributed by atoms with Crippen LogP contribution in [0.5, 0.6) is 0 Å². The second-order valence-electron chi connectivity index (χ2n) is 5.87. The third kappa shape index (κ3) is 2.88. The molecule has 2 aliphatic heterocycles. The fraction of sp³-hybridized carbons (Fsp3) is 0.625. The first-order valence-corrected chi connectivity index (χ1v) is 8.28. The number of halogens is 1. The Morgan fingerprint density at radius 3 is 2.89 bits per heavy atom. The normalized spacial score (nSPS) is 28.5. The van der Waals surface area contributed by atoms with Crippen LogP contribution in [-0.2, 0) is 6.54 Å². The maximum absolute atomic E-state index is 3.68. The molecule has 19 heavy (non-hydrogen) atoms. The van der Waals surface area contributed by atoms with Crippen molar-refractivity contribution < 1.29 is 0 Å². The maximum Gasteiger partial charge on any atom is 0.0249 e. The molecule has 0 bridgehead atoms. The van der Waals surface area contributed by atoms with Gasteiger partial charge in [-0.15, -0.1) is 0 Å². The molecule has 3 rings (SSSR count). The van der Waals surface area contributed by atoms with Crippen LogP contribution in [0.2, 0.25) is 0 Å². The lowest BCUT2D eigenvalue weighted by Gasteiger charge is -2.43. The summed E-state index contributed by atoms with van der Waals surface area (Å²) in [5.74, 6) is 0. The SMILES string of the molecule is CCC1CN2CCCC2CN1Cc1ccccc1Br. The highest BCUT2D eigenvalue weighted by molar-refractivity contribution is 9.10. The van der Waals surface area contributed by atoms with Crippen molar-refractivity contribution >= 4 is 15.9 Å². The number of piperazine rings is 1. The zero-order chi connectivity index (χ0) is 13.2. The van der Waals surface area contributed by atoms with E-state index in [9.17, 15) is 0 Å². The van der Waals surface area contributed by atoms with Gasteiger partial charge in [-0.1, -0.05) is 41.1 Å². The van der Waals surface area contributed by atoms with Gasteiger partial charge < -0.3 is 0 Å². The van der Waals surface area contributed by atoms with E-state index in [2.05, 4.69) is 56.9 Å². The summed E-state index contributed by atoms with van der Waals surface area (Å²) < 4.78 is 1.25. The first-order valence-electron chi connectivity index (χ1n) is 7.49. The molecule has 0 aromatic heterocycles. The van der Waals surface area contributed by atoms with Crippen LogP contribution in [-0.4, -0.2) is 41.5 Å². The molecule has 0 amide bonds. The van der Waals surface area contributed by atoms with Crippen LogP contribution in [0.1, 0.15) is 31.7 Å². The lowest BCUT2D eigenvalue weighted by atomic mass is 10.0. The maximum atomic E-state index is 3.68. The molecule has 104 valence electrons. The number of hydrogen-bond acceptors (Lipinski definition) is 2. The lowest BCUT2D eigenvalue weighted by Crippen LogP contribution is -2.55. The number of nitrogens with zero attached hydrogens (tertiary/aromatic N) is 2. The number of benzene rings is 1. The molecule has 2 saturated heterocycles. The number of hydrogen-bond donors (Lipinski definition) is 0. The van der Waals surface area contributed by atoms with Gasteiger partial charge in [0.2, 0.25) is 0 Å². The van der Waals surface area contributed by atoms with E-state index in [0.29, 0.717) is 0 Å². The van der Waals surface area contributed by atoms with Crippen molar-refractivity contribution in [1.29, 1.82) is 0 Å². The fourth-order valence-corrected chi connectivity index (χ4v) is 3.98. The van der Waals surface area contributed by atoms with Crippen molar-refractivity contribution in [3.63, 3.8) is 0 Å². The highest BCUT2D eigenvalue weighted by Gasteiger charge is 2.35. The Hall–Kier alpha value is -0.380. The van der Waals surface area contributed by atoms with Gasteiger partial charge in [0.05, 0.1) is 0 Å².